The Kier molecular flexibility index (Phi) is 6.30. The zero-order valence-corrected chi connectivity index (χ0v) is 17.6. The lowest BCUT2D eigenvalue weighted by atomic mass is 9.99. The standard InChI is InChI=1S/C15H20N10O4S2/c16-5-8(17)6-21-31(28,29)12-2-1-9(10-7-20-4-3-11(10)18)13(14(12)30(19,26)27)15-22-24-25-23-15/h1-4,7-8,21H,5-6,16-17H2,(H2,18,20)(H2,19,26,27)(H,22,23,24,25). The van der Waals surface area contributed by atoms with Crippen LogP contribution in [0.2, 0.25) is 0 Å². The third-order valence-corrected chi connectivity index (χ3v) is 6.84. The zero-order chi connectivity index (χ0) is 22.8. The summed E-state index contributed by atoms with van der Waals surface area (Å²) in [7, 11) is -9.00. The number of sulfonamides is 2. The van der Waals surface area contributed by atoms with E-state index in [0.29, 0.717) is 5.56 Å². The van der Waals surface area contributed by atoms with Gasteiger partial charge in [-0.3, -0.25) is 4.98 Å². The lowest BCUT2D eigenvalue weighted by Crippen LogP contribution is -2.42. The normalized spacial score (nSPS) is 13.3. The summed E-state index contributed by atoms with van der Waals surface area (Å²) in [6, 6.07) is 3.25. The number of nitrogens with one attached hydrogen (secondary N) is 2. The summed E-state index contributed by atoms with van der Waals surface area (Å²) in [5.41, 5.74) is 17.6. The van der Waals surface area contributed by atoms with Gasteiger partial charge in [-0.25, -0.2) is 26.7 Å². The van der Waals surface area contributed by atoms with Gasteiger partial charge in [0.05, 0.1) is 5.56 Å². The number of hydrogen-bond acceptors (Lipinski definition) is 11. The smallest absolute Gasteiger partial charge is 0.241 e. The van der Waals surface area contributed by atoms with Gasteiger partial charge in [-0.1, -0.05) is 6.07 Å². The van der Waals surface area contributed by atoms with Gasteiger partial charge < -0.3 is 17.2 Å². The summed E-state index contributed by atoms with van der Waals surface area (Å²) in [5, 5.41) is 18.7. The number of anilines is 1. The number of nitrogens with zero attached hydrogens (tertiary/aromatic N) is 4. The highest BCUT2D eigenvalue weighted by atomic mass is 32.2. The monoisotopic (exact) mass is 468 g/mol. The molecule has 0 aliphatic heterocycles. The Morgan fingerprint density at radius 2 is 1.87 bits per heavy atom. The lowest BCUT2D eigenvalue weighted by Gasteiger charge is -2.18. The van der Waals surface area contributed by atoms with Gasteiger partial charge in [0.2, 0.25) is 25.9 Å². The van der Waals surface area contributed by atoms with Gasteiger partial charge in [-0.15, -0.1) is 10.2 Å². The molecule has 2 heterocycles. The number of primary sulfonamides is 1. The van der Waals surface area contributed by atoms with Gasteiger partial charge in [0.1, 0.15) is 9.79 Å². The van der Waals surface area contributed by atoms with Crippen molar-refractivity contribution in [1.29, 1.82) is 0 Å². The first-order valence-electron chi connectivity index (χ1n) is 8.65. The average Bonchev–Trinajstić information content (AvgIpc) is 3.25. The van der Waals surface area contributed by atoms with E-state index in [4.69, 9.17) is 22.3 Å². The van der Waals surface area contributed by atoms with E-state index in [1.807, 2.05) is 0 Å². The molecule has 16 heteroatoms. The van der Waals surface area contributed by atoms with E-state index < -0.39 is 35.9 Å². The molecule has 1 atom stereocenters. The minimum atomic E-state index is -4.62. The minimum absolute atomic E-state index is 0.0118. The van der Waals surface area contributed by atoms with Crippen molar-refractivity contribution in [3.05, 3.63) is 30.6 Å². The summed E-state index contributed by atoms with van der Waals surface area (Å²) in [4.78, 5) is 2.63. The van der Waals surface area contributed by atoms with Crippen LogP contribution in [0.3, 0.4) is 0 Å². The Balaban J connectivity index is 2.36. The fourth-order valence-corrected chi connectivity index (χ4v) is 5.47. The van der Waals surface area contributed by atoms with Gasteiger partial charge in [0.25, 0.3) is 0 Å². The van der Waals surface area contributed by atoms with Crippen LogP contribution in [0, 0.1) is 0 Å². The highest BCUT2D eigenvalue weighted by Crippen LogP contribution is 2.40. The molecule has 166 valence electrons. The van der Waals surface area contributed by atoms with Crippen LogP contribution in [0.4, 0.5) is 5.69 Å². The predicted molar refractivity (Wildman–Crippen MR) is 111 cm³/mol. The van der Waals surface area contributed by atoms with Crippen LogP contribution < -0.4 is 27.1 Å². The van der Waals surface area contributed by atoms with Gasteiger partial charge >= 0.3 is 0 Å². The quantitative estimate of drug-likeness (QED) is 0.205. The van der Waals surface area contributed by atoms with E-state index in [1.54, 1.807) is 0 Å². The van der Waals surface area contributed by atoms with Crippen LogP contribution in [0.5, 0.6) is 0 Å². The molecule has 2 aromatic heterocycles. The number of nitrogen functional groups attached to an aromatic ring is 1. The zero-order valence-electron chi connectivity index (χ0n) is 15.9. The largest absolute Gasteiger partial charge is 0.398 e. The number of rotatable bonds is 8. The van der Waals surface area contributed by atoms with Crippen molar-refractivity contribution in [3.63, 3.8) is 0 Å². The number of benzene rings is 1. The molecule has 10 N–H and O–H groups in total. The van der Waals surface area contributed by atoms with Gasteiger partial charge in [-0.05, 0) is 22.9 Å². The van der Waals surface area contributed by atoms with Crippen LogP contribution >= 0.6 is 0 Å². The summed E-state index contributed by atoms with van der Waals surface area (Å²) in [5.74, 6) is -0.210. The Bertz CT molecular complexity index is 1290. The highest BCUT2D eigenvalue weighted by molar-refractivity contribution is 7.92. The first kappa shape index (κ1) is 22.7. The second-order valence-electron chi connectivity index (χ2n) is 6.41. The second kappa shape index (κ2) is 8.61. The summed E-state index contributed by atoms with van der Waals surface area (Å²) in [6.45, 7) is -0.213. The van der Waals surface area contributed by atoms with E-state index in [1.165, 1.54) is 24.5 Å². The number of aromatic amines is 1. The van der Waals surface area contributed by atoms with E-state index in [2.05, 4.69) is 30.3 Å². The Morgan fingerprint density at radius 1 is 1.13 bits per heavy atom. The molecular formula is C15H20N10O4S2. The number of pyridine rings is 1. The van der Waals surface area contributed by atoms with Crippen molar-refractivity contribution in [2.45, 2.75) is 15.8 Å². The molecule has 0 aliphatic carbocycles. The molecule has 31 heavy (non-hydrogen) atoms. The highest BCUT2D eigenvalue weighted by Gasteiger charge is 2.32. The van der Waals surface area contributed by atoms with Gasteiger partial charge in [-0.2, -0.15) is 5.21 Å². The maximum Gasteiger partial charge on any atom is 0.241 e. The number of tetrazole rings is 1. The van der Waals surface area contributed by atoms with Crippen LogP contribution in [0.15, 0.2) is 40.4 Å². The summed E-state index contributed by atoms with van der Waals surface area (Å²) in [6.07, 6.45) is 2.82. The topological polar surface area (TPSA) is 252 Å². The maximum atomic E-state index is 12.9. The maximum absolute atomic E-state index is 12.9. The molecule has 0 amide bonds. The van der Waals surface area contributed by atoms with Gasteiger partial charge in [0, 0.05) is 42.8 Å². The third kappa shape index (κ3) is 4.68. The second-order valence-corrected chi connectivity index (χ2v) is 9.64. The fourth-order valence-electron chi connectivity index (χ4n) is 2.78. The molecule has 0 bridgehead atoms. The van der Waals surface area contributed by atoms with Crippen LogP contribution in [-0.2, 0) is 20.0 Å². The fraction of sp³-hybridized carbons (Fsp3) is 0.200. The molecule has 0 saturated heterocycles. The van der Waals surface area contributed by atoms with E-state index in [-0.39, 0.29) is 35.7 Å². The van der Waals surface area contributed by atoms with Crippen molar-refractivity contribution < 1.29 is 16.8 Å². The number of hydrogen-bond donors (Lipinski definition) is 6. The Morgan fingerprint density at radius 3 is 2.45 bits per heavy atom. The molecule has 14 nitrogen and oxygen atoms in total. The lowest BCUT2D eigenvalue weighted by molar-refractivity contribution is 0.563. The number of H-pyrrole nitrogens is 1. The average molecular weight is 469 g/mol. The van der Waals surface area contributed by atoms with Crippen molar-refractivity contribution >= 4 is 25.7 Å². The van der Waals surface area contributed by atoms with Crippen molar-refractivity contribution in [2.75, 3.05) is 18.8 Å². The first-order chi connectivity index (χ1) is 14.6. The molecule has 1 aromatic carbocycles. The number of nitrogens with two attached hydrogens (primary N) is 4. The molecule has 0 radical (unpaired) electrons. The molecule has 0 fully saturated rings. The molecular weight excluding hydrogens is 448 g/mol. The summed E-state index contributed by atoms with van der Waals surface area (Å²) >= 11 is 0. The van der Waals surface area contributed by atoms with E-state index in [9.17, 15) is 16.8 Å². The third-order valence-electron chi connectivity index (χ3n) is 4.25. The van der Waals surface area contributed by atoms with Crippen molar-refractivity contribution in [3.8, 4) is 22.5 Å². The molecule has 0 spiro atoms. The molecule has 0 aliphatic rings. The SMILES string of the molecule is NCC(N)CNS(=O)(=O)c1ccc(-c2cnccc2N)c(-c2nn[nH]n2)c1S(N)(=O)=O. The number of aromatic nitrogens is 5. The molecule has 1 unspecified atom stereocenters. The van der Waals surface area contributed by atoms with E-state index >= 15 is 0 Å². The molecule has 0 saturated carbocycles. The molecule has 3 aromatic rings. The first-order valence-corrected chi connectivity index (χ1v) is 11.7. The van der Waals surface area contributed by atoms with Crippen LogP contribution in [0.1, 0.15) is 0 Å². The van der Waals surface area contributed by atoms with Crippen molar-refractivity contribution in [2.24, 2.45) is 16.6 Å². The minimum Gasteiger partial charge on any atom is -0.398 e. The van der Waals surface area contributed by atoms with Crippen LogP contribution in [0.25, 0.3) is 22.5 Å². The Labute approximate surface area is 177 Å². The van der Waals surface area contributed by atoms with Crippen molar-refractivity contribution in [1.82, 2.24) is 30.3 Å². The van der Waals surface area contributed by atoms with Crippen LogP contribution in [-0.4, -0.2) is 61.6 Å². The summed E-state index contributed by atoms with van der Waals surface area (Å²) < 4.78 is 53.3. The van der Waals surface area contributed by atoms with Gasteiger partial charge in [0.15, 0.2) is 0 Å². The van der Waals surface area contributed by atoms with E-state index in [0.717, 1.165) is 6.07 Å². The Hall–Kier alpha value is -3.02. The predicted octanol–water partition coefficient (Wildman–Crippen LogP) is -2.28. The molecule has 3 rings (SSSR count).